The Morgan fingerprint density at radius 1 is 0.861 bits per heavy atom. The number of carbonyl (C=O) groups is 1. The number of piperidine rings is 1. The fourth-order valence-corrected chi connectivity index (χ4v) is 5.17. The van der Waals surface area contributed by atoms with Crippen LogP contribution in [-0.2, 0) is 4.79 Å². The lowest BCUT2D eigenvalue weighted by molar-refractivity contribution is -0.116. The van der Waals surface area contributed by atoms with E-state index in [1.165, 1.54) is 27.8 Å². The minimum atomic E-state index is 0.0762. The molecule has 3 aromatic rings. The normalized spacial score (nSPS) is 15.5. The van der Waals surface area contributed by atoms with E-state index >= 15 is 0 Å². The van der Waals surface area contributed by atoms with Crippen molar-refractivity contribution in [3.8, 4) is 0 Å². The maximum Gasteiger partial charge on any atom is 0.224 e. The summed E-state index contributed by atoms with van der Waals surface area (Å²) >= 11 is 0. The van der Waals surface area contributed by atoms with Crippen LogP contribution in [0.4, 0.5) is 5.69 Å². The molecule has 1 fully saturated rings. The maximum absolute atomic E-state index is 11.8. The van der Waals surface area contributed by atoms with Crippen LogP contribution in [0.5, 0.6) is 0 Å². The minimum absolute atomic E-state index is 0.0762. The van der Waals surface area contributed by atoms with E-state index in [9.17, 15) is 4.79 Å². The van der Waals surface area contributed by atoms with Gasteiger partial charge >= 0.3 is 0 Å². The molecule has 0 radical (unpaired) electrons. The first-order chi connectivity index (χ1) is 17.7. The average Bonchev–Trinajstić information content (AvgIpc) is 3.07. The molecule has 1 aliphatic heterocycles. The second-order valence-corrected chi connectivity index (χ2v) is 9.61. The lowest BCUT2D eigenvalue weighted by Crippen LogP contribution is -2.31. The van der Waals surface area contributed by atoms with E-state index in [1.807, 2.05) is 19.1 Å². The summed E-state index contributed by atoms with van der Waals surface area (Å²) in [4.78, 5) is 14.3. The Morgan fingerprint density at radius 3 is 2.08 bits per heavy atom. The van der Waals surface area contributed by atoms with Crippen LogP contribution in [0.1, 0.15) is 60.4 Å². The first-order valence-electron chi connectivity index (χ1n) is 13.1. The van der Waals surface area contributed by atoms with Gasteiger partial charge in [0.25, 0.3) is 0 Å². The summed E-state index contributed by atoms with van der Waals surface area (Å²) in [6.45, 7) is 5.11. The number of hydrogen-bond donors (Lipinski definition) is 1. The van der Waals surface area contributed by atoms with Crippen molar-refractivity contribution in [2.75, 3.05) is 25.0 Å². The van der Waals surface area contributed by atoms with Gasteiger partial charge in [-0.15, -0.1) is 0 Å². The number of nitrogens with one attached hydrogen (secondary N) is 1. The fraction of sp³-hybridized carbons (Fsp3) is 0.242. The van der Waals surface area contributed by atoms with Gasteiger partial charge in [0.15, 0.2) is 0 Å². The zero-order valence-corrected chi connectivity index (χ0v) is 21.0. The van der Waals surface area contributed by atoms with E-state index < -0.39 is 0 Å². The van der Waals surface area contributed by atoms with Gasteiger partial charge < -0.3 is 5.32 Å². The van der Waals surface area contributed by atoms with Crippen LogP contribution in [0.2, 0.25) is 0 Å². The Balaban J connectivity index is 1.24. The second kappa shape index (κ2) is 11.4. The molecule has 1 amide bonds. The smallest absolute Gasteiger partial charge is 0.224 e. The van der Waals surface area contributed by atoms with Crippen LogP contribution in [0.3, 0.4) is 0 Å². The molecule has 36 heavy (non-hydrogen) atoms. The summed E-state index contributed by atoms with van der Waals surface area (Å²) in [5.74, 6) is 0.0762. The Morgan fingerprint density at radius 2 is 1.47 bits per heavy atom. The molecule has 0 aromatic heterocycles. The fourth-order valence-electron chi connectivity index (χ4n) is 5.17. The third kappa shape index (κ3) is 5.58. The quantitative estimate of drug-likeness (QED) is 0.313. The van der Waals surface area contributed by atoms with E-state index in [0.717, 1.165) is 50.1 Å². The van der Waals surface area contributed by atoms with Crippen molar-refractivity contribution in [3.63, 3.8) is 0 Å². The number of anilines is 1. The lowest BCUT2D eigenvalue weighted by Gasteiger charge is -2.29. The Bertz CT molecular complexity index is 1250. The summed E-state index contributed by atoms with van der Waals surface area (Å²) in [6.07, 6.45) is 12.6. The summed E-state index contributed by atoms with van der Waals surface area (Å²) in [5.41, 5.74) is 10.3. The molecule has 0 spiro atoms. The van der Waals surface area contributed by atoms with Gasteiger partial charge in [-0.05, 0) is 64.8 Å². The minimum Gasteiger partial charge on any atom is -0.326 e. The van der Waals surface area contributed by atoms with Crippen LogP contribution in [0.25, 0.3) is 23.8 Å². The molecule has 2 aliphatic rings. The topological polar surface area (TPSA) is 32.3 Å². The maximum atomic E-state index is 11.8. The van der Waals surface area contributed by atoms with Crippen LogP contribution < -0.4 is 5.32 Å². The number of hydrogen-bond acceptors (Lipinski definition) is 2. The van der Waals surface area contributed by atoms with Gasteiger partial charge in [-0.2, -0.15) is 0 Å². The van der Waals surface area contributed by atoms with Gasteiger partial charge in [-0.1, -0.05) is 97.5 Å². The predicted molar refractivity (Wildman–Crippen MR) is 153 cm³/mol. The first-order valence-corrected chi connectivity index (χ1v) is 13.1. The number of amides is 1. The number of nitrogens with zero attached hydrogens (tertiary/aromatic N) is 1. The number of likely N-dealkylation sites (tertiary alicyclic amines) is 1. The molecule has 1 heterocycles. The third-order valence-electron chi connectivity index (χ3n) is 7.06. The van der Waals surface area contributed by atoms with Gasteiger partial charge in [-0.3, -0.25) is 9.69 Å². The summed E-state index contributed by atoms with van der Waals surface area (Å²) in [7, 11) is 0. The largest absolute Gasteiger partial charge is 0.326 e. The molecule has 1 aliphatic carbocycles. The van der Waals surface area contributed by atoms with Crippen LogP contribution in [0, 0.1) is 0 Å². The molecule has 0 bridgehead atoms. The van der Waals surface area contributed by atoms with Crippen LogP contribution in [-0.4, -0.2) is 30.4 Å². The highest BCUT2D eigenvalue weighted by atomic mass is 16.1. The van der Waals surface area contributed by atoms with E-state index in [-0.39, 0.29) is 5.91 Å². The van der Waals surface area contributed by atoms with E-state index in [2.05, 4.69) is 95.2 Å². The average molecular weight is 475 g/mol. The van der Waals surface area contributed by atoms with Crippen molar-refractivity contribution in [2.45, 2.75) is 32.6 Å². The highest BCUT2D eigenvalue weighted by Gasteiger charge is 2.22. The van der Waals surface area contributed by atoms with Gasteiger partial charge in [0, 0.05) is 31.7 Å². The Labute approximate surface area is 214 Å². The number of fused-ring (bicyclic) bond motifs is 2. The van der Waals surface area contributed by atoms with Crippen molar-refractivity contribution >= 4 is 35.4 Å². The summed E-state index contributed by atoms with van der Waals surface area (Å²) in [5, 5.41) is 2.95. The highest BCUT2D eigenvalue weighted by molar-refractivity contribution is 5.95. The monoisotopic (exact) mass is 474 g/mol. The van der Waals surface area contributed by atoms with Crippen LogP contribution in [0.15, 0.2) is 84.4 Å². The molecule has 3 heteroatoms. The van der Waals surface area contributed by atoms with Gasteiger partial charge in [-0.25, -0.2) is 0 Å². The van der Waals surface area contributed by atoms with E-state index in [1.54, 1.807) is 5.57 Å². The van der Waals surface area contributed by atoms with Crippen molar-refractivity contribution in [2.24, 2.45) is 0 Å². The lowest BCUT2D eigenvalue weighted by atomic mass is 9.86. The number of rotatable bonds is 6. The molecular formula is C33H34N2O. The molecular weight excluding hydrogens is 440 g/mol. The van der Waals surface area contributed by atoms with E-state index in [0.29, 0.717) is 6.42 Å². The molecule has 3 aromatic carbocycles. The van der Waals surface area contributed by atoms with Crippen molar-refractivity contribution < 1.29 is 4.79 Å². The summed E-state index contributed by atoms with van der Waals surface area (Å²) in [6, 6.07) is 25.7. The standard InChI is InChI=1S/C33H34N2O/c1-2-8-32(36)34-29-18-14-25(15-19-29)9-7-22-35-23-20-28(21-24-35)33-30-12-5-3-10-26(30)16-17-27-11-4-6-13-31(27)33/h3-7,9-19H,2,8,20-24H2,1H3,(H,34,36)/b9-7+. The molecule has 0 atom stereocenters. The molecule has 1 saturated heterocycles. The van der Waals surface area contributed by atoms with Crippen LogP contribution >= 0.6 is 0 Å². The first kappa shape index (κ1) is 24.0. The zero-order valence-electron chi connectivity index (χ0n) is 21.0. The van der Waals surface area contributed by atoms with E-state index in [4.69, 9.17) is 0 Å². The van der Waals surface area contributed by atoms with Crippen molar-refractivity contribution in [1.82, 2.24) is 4.90 Å². The zero-order chi connectivity index (χ0) is 24.7. The molecule has 3 nitrogen and oxygen atoms in total. The third-order valence-corrected chi connectivity index (χ3v) is 7.06. The number of carbonyl (C=O) groups excluding carboxylic acids is 1. The van der Waals surface area contributed by atoms with Gasteiger partial charge in [0.1, 0.15) is 0 Å². The second-order valence-electron chi connectivity index (χ2n) is 9.61. The van der Waals surface area contributed by atoms with Gasteiger partial charge in [0.05, 0.1) is 0 Å². The molecule has 1 N–H and O–H groups in total. The molecule has 5 rings (SSSR count). The van der Waals surface area contributed by atoms with Crippen molar-refractivity contribution in [3.05, 3.63) is 112 Å². The Hall–Kier alpha value is -3.69. The molecule has 0 saturated carbocycles. The molecule has 0 unspecified atom stereocenters. The number of benzene rings is 3. The van der Waals surface area contributed by atoms with Crippen molar-refractivity contribution in [1.29, 1.82) is 0 Å². The SMILES string of the molecule is CCCC(=O)Nc1ccc(/C=C/CN2CCC(=C3c4ccccc4C=Cc4ccccc43)CC2)cc1. The molecule has 182 valence electrons. The Kier molecular flexibility index (Phi) is 7.58. The summed E-state index contributed by atoms with van der Waals surface area (Å²) < 4.78 is 0. The highest BCUT2D eigenvalue weighted by Crippen LogP contribution is 2.38. The van der Waals surface area contributed by atoms with Gasteiger partial charge in [0.2, 0.25) is 5.91 Å². The predicted octanol–water partition coefficient (Wildman–Crippen LogP) is 7.52.